The van der Waals surface area contributed by atoms with Gasteiger partial charge in [-0.15, -0.1) is 0 Å². The topological polar surface area (TPSA) is 138 Å². The Labute approximate surface area is 264 Å². The summed E-state index contributed by atoms with van der Waals surface area (Å²) in [6.07, 6.45) is -0.323. The minimum absolute atomic E-state index is 0.00706. The van der Waals surface area contributed by atoms with Gasteiger partial charge in [0, 0.05) is 12.5 Å². The van der Waals surface area contributed by atoms with Crippen molar-refractivity contribution >= 4 is 18.4 Å². The first kappa shape index (κ1) is 32.2. The van der Waals surface area contributed by atoms with Crippen LogP contribution in [-0.2, 0) is 39.9 Å². The van der Waals surface area contributed by atoms with Crippen LogP contribution in [0.25, 0.3) is 0 Å². The number of carboxylic acid groups (broad SMARTS) is 1. The number of aliphatic carboxylic acids is 1. The van der Waals surface area contributed by atoms with Crippen LogP contribution in [-0.4, -0.2) is 73.0 Å². The Morgan fingerprint density at radius 3 is 2.49 bits per heavy atom. The summed E-state index contributed by atoms with van der Waals surface area (Å²) in [6.45, 7) is 7.85. The van der Waals surface area contributed by atoms with Gasteiger partial charge in [0.1, 0.15) is 30.5 Å². The van der Waals surface area contributed by atoms with Gasteiger partial charge in [-0.1, -0.05) is 69.2 Å². The zero-order chi connectivity index (χ0) is 32.3. The number of aliphatic hydroxyl groups is 1. The zero-order valence-corrected chi connectivity index (χ0v) is 26.7. The Balaban J connectivity index is 1.31. The van der Waals surface area contributed by atoms with Gasteiger partial charge < -0.3 is 38.7 Å². The van der Waals surface area contributed by atoms with Gasteiger partial charge in [0.25, 0.3) is 0 Å². The average molecular weight is 627 g/mol. The number of aliphatic hydroxyl groups excluding tert-OH is 1. The maximum Gasteiger partial charge on any atom is 0.509 e. The molecule has 4 aliphatic carbocycles. The Morgan fingerprint density at radius 2 is 1.84 bits per heavy atom. The van der Waals surface area contributed by atoms with Crippen molar-refractivity contribution in [1.82, 2.24) is 0 Å². The van der Waals surface area contributed by atoms with E-state index >= 15 is 0 Å². The molecule has 0 amide bonds. The number of aldehydes is 1. The number of fused-ring (bicyclic) bond motifs is 2. The minimum atomic E-state index is -1.43. The van der Waals surface area contributed by atoms with Crippen LogP contribution in [0.2, 0.25) is 0 Å². The largest absolute Gasteiger partial charge is 0.509 e. The quantitative estimate of drug-likeness (QED) is 0.212. The number of carbonyl (C=O) groups excluding carboxylic acids is 2. The predicted molar refractivity (Wildman–Crippen MR) is 161 cm³/mol. The number of hydrogen-bond donors (Lipinski definition) is 2. The van der Waals surface area contributed by atoms with Crippen LogP contribution >= 0.6 is 0 Å². The van der Waals surface area contributed by atoms with Crippen LogP contribution in [0, 0.1) is 45.8 Å². The SMILES string of the molecule is CO[C@H]1[C@@H](O)[C@H](OC(=O)OCc2ccccc2)[C@H](OCC23CC4C(C)CCC4C4(C=O)CC2C=C(C(C)C)C43C(=O)O)O[C@@H]1C. The van der Waals surface area contributed by atoms with Gasteiger partial charge in [0.15, 0.2) is 12.4 Å². The second-order valence-electron chi connectivity index (χ2n) is 14.3. The van der Waals surface area contributed by atoms with Gasteiger partial charge in [0.05, 0.1) is 18.1 Å². The molecule has 3 saturated carbocycles. The van der Waals surface area contributed by atoms with Crippen molar-refractivity contribution in [2.75, 3.05) is 13.7 Å². The first-order valence-corrected chi connectivity index (χ1v) is 16.2. The second kappa shape index (κ2) is 11.8. The van der Waals surface area contributed by atoms with Gasteiger partial charge in [-0.05, 0) is 61.3 Å². The molecule has 12 atom stereocenters. The highest BCUT2D eigenvalue weighted by Gasteiger charge is 2.84. The molecule has 5 aliphatic rings. The van der Waals surface area contributed by atoms with E-state index in [0.29, 0.717) is 18.8 Å². The Hall–Kier alpha value is -2.79. The number of allylic oxidation sites excluding steroid dienone is 1. The van der Waals surface area contributed by atoms with Gasteiger partial charge in [0.2, 0.25) is 0 Å². The smallest absolute Gasteiger partial charge is 0.481 e. The van der Waals surface area contributed by atoms with E-state index in [-0.39, 0.29) is 36.9 Å². The monoisotopic (exact) mass is 626 g/mol. The zero-order valence-electron chi connectivity index (χ0n) is 26.7. The predicted octanol–water partition coefficient (Wildman–Crippen LogP) is 4.77. The molecule has 1 saturated heterocycles. The van der Waals surface area contributed by atoms with Crippen molar-refractivity contribution in [1.29, 1.82) is 0 Å². The van der Waals surface area contributed by atoms with Crippen LogP contribution in [0.5, 0.6) is 0 Å². The molecule has 2 N–H and O–H groups in total. The summed E-state index contributed by atoms with van der Waals surface area (Å²) in [5.74, 6) is -0.706. The number of carbonyl (C=O) groups is 3. The number of carboxylic acids is 1. The molecule has 1 heterocycles. The van der Waals surface area contributed by atoms with Crippen molar-refractivity contribution in [3.8, 4) is 0 Å². The summed E-state index contributed by atoms with van der Waals surface area (Å²) in [4.78, 5) is 39.9. The molecular weight excluding hydrogens is 580 g/mol. The van der Waals surface area contributed by atoms with Gasteiger partial charge >= 0.3 is 12.1 Å². The van der Waals surface area contributed by atoms with Gasteiger partial charge in [-0.25, -0.2) is 4.79 Å². The van der Waals surface area contributed by atoms with E-state index in [1.165, 1.54) is 7.11 Å². The summed E-state index contributed by atoms with van der Waals surface area (Å²) >= 11 is 0. The highest BCUT2D eigenvalue weighted by molar-refractivity contribution is 5.90. The number of hydrogen-bond acceptors (Lipinski definition) is 9. The van der Waals surface area contributed by atoms with Crippen LogP contribution in [0.3, 0.4) is 0 Å². The maximum absolute atomic E-state index is 13.8. The molecule has 0 radical (unpaired) electrons. The number of ether oxygens (including phenoxy) is 5. The fourth-order valence-corrected chi connectivity index (χ4v) is 10.3. The van der Waals surface area contributed by atoms with E-state index in [2.05, 4.69) is 13.0 Å². The summed E-state index contributed by atoms with van der Waals surface area (Å²) < 4.78 is 29.2. The fourth-order valence-electron chi connectivity index (χ4n) is 10.3. The lowest BCUT2D eigenvalue weighted by molar-refractivity contribution is -0.308. The number of rotatable bonds is 10. The molecule has 10 heteroatoms. The highest BCUT2D eigenvalue weighted by Crippen LogP contribution is 2.82. The first-order valence-electron chi connectivity index (χ1n) is 16.2. The molecule has 6 rings (SSSR count). The minimum Gasteiger partial charge on any atom is -0.481 e. The summed E-state index contributed by atoms with van der Waals surface area (Å²) in [5, 5.41) is 22.6. The van der Waals surface area contributed by atoms with Crippen molar-refractivity contribution in [2.24, 2.45) is 45.8 Å². The van der Waals surface area contributed by atoms with Crippen molar-refractivity contribution in [3.63, 3.8) is 0 Å². The number of benzene rings is 1. The van der Waals surface area contributed by atoms with Crippen LogP contribution < -0.4 is 0 Å². The lowest BCUT2D eigenvalue weighted by Crippen LogP contribution is -2.64. The molecule has 0 spiro atoms. The normalized spacial score (nSPS) is 43.1. The van der Waals surface area contributed by atoms with Crippen LogP contribution in [0.4, 0.5) is 4.79 Å². The van der Waals surface area contributed by atoms with Crippen molar-refractivity contribution in [2.45, 2.75) is 90.7 Å². The molecule has 10 nitrogen and oxygen atoms in total. The molecule has 7 unspecified atom stereocenters. The maximum atomic E-state index is 13.8. The number of methoxy groups -OCH3 is 1. The second-order valence-corrected chi connectivity index (χ2v) is 14.3. The van der Waals surface area contributed by atoms with Crippen molar-refractivity contribution in [3.05, 3.63) is 47.5 Å². The molecule has 1 aliphatic heterocycles. The Morgan fingerprint density at radius 1 is 1.11 bits per heavy atom. The standard InChI is InChI=1S/C35H46O10/c1-19(2)26-13-23-14-33(17-36)25-12-11-20(3)24(25)15-34(23,35(26,33)31(38)39)18-43-30-29(27(37)28(41-5)21(4)44-30)45-32(40)42-16-22-9-7-6-8-10-22/h6-10,13,17,19-21,23-25,27-30,37H,11-12,14-16,18H2,1-5H3,(H,38,39)/t20?,21-,23?,24?,25?,27-,28-,29+,30-,33?,34?,35?/m1/s1. The molecule has 4 fully saturated rings. The summed E-state index contributed by atoms with van der Waals surface area (Å²) in [5.41, 5.74) is -1.80. The third-order valence-electron chi connectivity index (χ3n) is 12.1. The third kappa shape index (κ3) is 4.53. The summed E-state index contributed by atoms with van der Waals surface area (Å²) in [6, 6.07) is 9.14. The Bertz CT molecular complexity index is 1330. The fraction of sp³-hybridized carbons (Fsp3) is 0.686. The molecule has 246 valence electrons. The highest BCUT2D eigenvalue weighted by atomic mass is 16.8. The first-order chi connectivity index (χ1) is 21.5. The molecule has 1 aromatic rings. The van der Waals surface area contributed by atoms with E-state index in [4.69, 9.17) is 23.7 Å². The molecular formula is C35H46O10. The van der Waals surface area contributed by atoms with Crippen molar-refractivity contribution < 1.29 is 48.3 Å². The van der Waals surface area contributed by atoms with E-state index in [9.17, 15) is 24.6 Å². The van der Waals surface area contributed by atoms with Crippen LogP contribution in [0.1, 0.15) is 58.9 Å². The van der Waals surface area contributed by atoms with Gasteiger partial charge in [-0.2, -0.15) is 0 Å². The lowest BCUT2D eigenvalue weighted by atomic mass is 9.43. The van der Waals surface area contributed by atoms with E-state index in [0.717, 1.165) is 30.3 Å². The summed E-state index contributed by atoms with van der Waals surface area (Å²) in [7, 11) is 1.44. The van der Waals surface area contributed by atoms with Gasteiger partial charge in [-0.3, -0.25) is 4.79 Å². The Kier molecular flexibility index (Phi) is 8.42. The molecule has 4 bridgehead atoms. The lowest BCUT2D eigenvalue weighted by Gasteiger charge is -2.58. The van der Waals surface area contributed by atoms with Crippen LogP contribution in [0.15, 0.2) is 42.0 Å². The average Bonchev–Trinajstić information content (AvgIpc) is 3.59. The molecule has 1 aromatic carbocycles. The third-order valence-corrected chi connectivity index (χ3v) is 12.1. The van der Waals surface area contributed by atoms with E-state index in [1.54, 1.807) is 6.92 Å². The van der Waals surface area contributed by atoms with E-state index < -0.39 is 59.1 Å². The van der Waals surface area contributed by atoms with E-state index in [1.807, 2.05) is 44.2 Å². The molecule has 45 heavy (non-hydrogen) atoms. The molecule has 0 aromatic heterocycles.